The number of unbranched alkanes of at least 4 members (excludes halogenated alkanes) is 10. The number of nitrogens with one attached hydrogen (secondary N) is 1. The minimum absolute atomic E-state index is 0.0782. The van der Waals surface area contributed by atoms with Crippen molar-refractivity contribution < 1.29 is 37.9 Å². The van der Waals surface area contributed by atoms with Gasteiger partial charge in [-0.15, -0.1) is 0 Å². The van der Waals surface area contributed by atoms with Gasteiger partial charge in [-0.25, -0.2) is 4.57 Å². The molecule has 0 saturated heterocycles. The van der Waals surface area contributed by atoms with Gasteiger partial charge in [-0.05, 0) is 38.5 Å². The number of ether oxygens (including phenoxy) is 1. The van der Waals surface area contributed by atoms with Crippen LogP contribution in [0.25, 0.3) is 0 Å². The Bertz CT molecular complexity index is 713. The summed E-state index contributed by atoms with van der Waals surface area (Å²) in [4.78, 5) is 33.2. The summed E-state index contributed by atoms with van der Waals surface area (Å²) >= 11 is 0. The van der Waals surface area contributed by atoms with Gasteiger partial charge in [-0.2, -0.15) is 0 Å². The van der Waals surface area contributed by atoms with E-state index in [9.17, 15) is 24.2 Å². The van der Waals surface area contributed by atoms with Gasteiger partial charge in [0.2, 0.25) is 5.91 Å². The summed E-state index contributed by atoms with van der Waals surface area (Å²) in [6.45, 7) is 3.33. The first-order valence-electron chi connectivity index (χ1n) is 14.8. The summed E-state index contributed by atoms with van der Waals surface area (Å²) in [5.74, 6) is -0.553. The molecule has 0 radical (unpaired) electrons. The number of amides is 1. The lowest BCUT2D eigenvalue weighted by atomic mass is 10.1. The minimum Gasteiger partial charge on any atom is -0.463 e. The Morgan fingerprint density at radius 1 is 0.795 bits per heavy atom. The summed E-state index contributed by atoms with van der Waals surface area (Å²) < 4.78 is 26.4. The second kappa shape index (κ2) is 26.7. The molecule has 228 valence electrons. The Labute approximate surface area is 236 Å². The predicted molar refractivity (Wildman–Crippen MR) is 155 cm³/mol. The van der Waals surface area contributed by atoms with Crippen molar-refractivity contribution in [3.8, 4) is 0 Å². The van der Waals surface area contributed by atoms with E-state index >= 15 is 0 Å². The first-order valence-corrected chi connectivity index (χ1v) is 16.3. The number of phosphoric acid groups is 1. The molecule has 0 heterocycles. The van der Waals surface area contributed by atoms with Crippen LogP contribution < -0.4 is 5.32 Å². The lowest BCUT2D eigenvalue weighted by molar-refractivity contribution is -0.147. The Morgan fingerprint density at radius 2 is 1.41 bits per heavy atom. The second-order valence-electron chi connectivity index (χ2n) is 9.72. The lowest BCUT2D eigenvalue weighted by Gasteiger charge is -2.15. The molecular weight excluding hydrogens is 521 g/mol. The standard InChI is InChI=1S/C29H54NO8P/c1-3-5-7-9-10-11-12-13-14-15-16-17-18-20-22-29(33)36-25-27(31)26-38-39(34,35)37-24-23-30-28(32)21-19-8-6-4-2/h9-10,12-13,27,31H,3-8,11,14-26H2,1-2H3,(H,30,32)(H,34,35)/b10-9-,13-12-. The van der Waals surface area contributed by atoms with E-state index in [1.807, 2.05) is 0 Å². The molecule has 0 rings (SSSR count). The van der Waals surface area contributed by atoms with Gasteiger partial charge in [0.1, 0.15) is 12.7 Å². The average molecular weight is 576 g/mol. The number of hydrogen-bond acceptors (Lipinski definition) is 7. The third kappa shape index (κ3) is 27.8. The highest BCUT2D eigenvalue weighted by atomic mass is 31.2. The molecule has 0 fully saturated rings. The van der Waals surface area contributed by atoms with Gasteiger partial charge in [0, 0.05) is 19.4 Å². The lowest BCUT2D eigenvalue weighted by Crippen LogP contribution is -2.27. The number of carbonyl (C=O) groups excluding carboxylic acids is 2. The van der Waals surface area contributed by atoms with Gasteiger partial charge in [0.25, 0.3) is 0 Å². The summed E-state index contributed by atoms with van der Waals surface area (Å²) in [7, 11) is -4.39. The zero-order valence-corrected chi connectivity index (χ0v) is 25.2. The second-order valence-corrected chi connectivity index (χ2v) is 11.2. The van der Waals surface area contributed by atoms with Crippen molar-refractivity contribution in [2.24, 2.45) is 0 Å². The van der Waals surface area contributed by atoms with Crippen LogP contribution in [0.5, 0.6) is 0 Å². The quantitative estimate of drug-likeness (QED) is 0.0436. The smallest absolute Gasteiger partial charge is 0.463 e. The van der Waals surface area contributed by atoms with Crippen molar-refractivity contribution in [2.75, 3.05) is 26.4 Å². The predicted octanol–water partition coefficient (Wildman–Crippen LogP) is 6.53. The van der Waals surface area contributed by atoms with Crippen LogP contribution in [0.15, 0.2) is 24.3 Å². The van der Waals surface area contributed by atoms with E-state index in [-0.39, 0.29) is 32.1 Å². The number of rotatable bonds is 27. The van der Waals surface area contributed by atoms with Gasteiger partial charge in [0.15, 0.2) is 0 Å². The fourth-order valence-corrected chi connectivity index (χ4v) is 4.33. The van der Waals surface area contributed by atoms with Crippen molar-refractivity contribution >= 4 is 19.7 Å². The highest BCUT2D eigenvalue weighted by Crippen LogP contribution is 2.42. The van der Waals surface area contributed by atoms with Crippen LogP contribution in [0.1, 0.15) is 117 Å². The summed E-state index contributed by atoms with van der Waals surface area (Å²) in [5, 5.41) is 12.5. The SMILES string of the molecule is CCCC/C=C\C/C=C\CCCCCCCC(=O)OCC(O)COP(=O)(O)OCCNC(=O)CCCCCC. The number of esters is 1. The van der Waals surface area contributed by atoms with Crippen LogP contribution in [0, 0.1) is 0 Å². The van der Waals surface area contributed by atoms with Crippen LogP contribution in [0.3, 0.4) is 0 Å². The first-order chi connectivity index (χ1) is 18.8. The molecule has 39 heavy (non-hydrogen) atoms. The van der Waals surface area contributed by atoms with Crippen LogP contribution in [0.4, 0.5) is 0 Å². The summed E-state index contributed by atoms with van der Waals surface area (Å²) in [5.41, 5.74) is 0. The van der Waals surface area contributed by atoms with E-state index in [2.05, 4.69) is 43.5 Å². The molecule has 0 aliphatic rings. The van der Waals surface area contributed by atoms with Gasteiger partial charge in [-0.3, -0.25) is 18.6 Å². The Balaban J connectivity index is 3.69. The Kier molecular flexibility index (Phi) is 25.7. The number of carbonyl (C=O) groups is 2. The maximum Gasteiger partial charge on any atom is 0.472 e. The molecule has 0 saturated carbocycles. The Hall–Kier alpha value is -1.51. The molecule has 2 unspecified atom stereocenters. The van der Waals surface area contributed by atoms with Gasteiger partial charge in [-0.1, -0.05) is 89.5 Å². The maximum atomic E-state index is 11.9. The molecule has 0 spiro atoms. The summed E-state index contributed by atoms with van der Waals surface area (Å²) in [6, 6.07) is 0. The molecule has 0 aromatic carbocycles. The molecule has 0 aromatic heterocycles. The van der Waals surface area contributed by atoms with Crippen LogP contribution in [-0.4, -0.2) is 54.3 Å². The normalized spacial score (nSPS) is 14.1. The monoisotopic (exact) mass is 575 g/mol. The van der Waals surface area contributed by atoms with E-state index < -0.39 is 26.5 Å². The molecule has 0 aliphatic carbocycles. The summed E-state index contributed by atoms with van der Waals surface area (Å²) in [6.07, 6.45) is 23.0. The number of phosphoric ester groups is 1. The Morgan fingerprint density at radius 3 is 2.13 bits per heavy atom. The van der Waals surface area contributed by atoms with Gasteiger partial charge >= 0.3 is 13.8 Å². The molecule has 0 aliphatic heterocycles. The minimum atomic E-state index is -4.39. The third-order valence-electron chi connectivity index (χ3n) is 5.88. The zero-order chi connectivity index (χ0) is 29.0. The van der Waals surface area contributed by atoms with E-state index in [0.717, 1.165) is 70.6 Å². The molecule has 0 bridgehead atoms. The molecule has 10 heteroatoms. The number of allylic oxidation sites excluding steroid dienone is 4. The van der Waals surface area contributed by atoms with Gasteiger partial charge < -0.3 is 20.1 Å². The highest BCUT2D eigenvalue weighted by molar-refractivity contribution is 7.47. The number of aliphatic hydroxyl groups is 1. The van der Waals surface area contributed by atoms with E-state index in [1.165, 1.54) is 19.3 Å². The average Bonchev–Trinajstić information content (AvgIpc) is 2.91. The molecule has 2 atom stereocenters. The van der Waals surface area contributed by atoms with Crippen LogP contribution >= 0.6 is 7.82 Å². The first kappa shape index (κ1) is 37.5. The zero-order valence-electron chi connectivity index (χ0n) is 24.3. The molecule has 9 nitrogen and oxygen atoms in total. The van der Waals surface area contributed by atoms with Crippen molar-refractivity contribution in [3.05, 3.63) is 24.3 Å². The van der Waals surface area contributed by atoms with E-state index in [4.69, 9.17) is 13.8 Å². The van der Waals surface area contributed by atoms with Gasteiger partial charge in [0.05, 0.1) is 13.2 Å². The van der Waals surface area contributed by atoms with E-state index in [1.54, 1.807) is 0 Å². The van der Waals surface area contributed by atoms with E-state index in [0.29, 0.717) is 6.42 Å². The van der Waals surface area contributed by atoms with Crippen molar-refractivity contribution in [1.29, 1.82) is 0 Å². The largest absolute Gasteiger partial charge is 0.472 e. The number of aliphatic hydroxyl groups excluding tert-OH is 1. The van der Waals surface area contributed by atoms with Crippen molar-refractivity contribution in [1.82, 2.24) is 5.32 Å². The topological polar surface area (TPSA) is 131 Å². The highest BCUT2D eigenvalue weighted by Gasteiger charge is 2.23. The molecule has 1 amide bonds. The number of hydrogen-bond donors (Lipinski definition) is 3. The molecule has 3 N–H and O–H groups in total. The fraction of sp³-hybridized carbons (Fsp3) is 0.793. The maximum absolute atomic E-state index is 11.9. The fourth-order valence-electron chi connectivity index (χ4n) is 3.57. The third-order valence-corrected chi connectivity index (χ3v) is 6.87. The van der Waals surface area contributed by atoms with Crippen molar-refractivity contribution in [2.45, 2.75) is 123 Å². The van der Waals surface area contributed by atoms with Crippen LogP contribution in [0.2, 0.25) is 0 Å². The van der Waals surface area contributed by atoms with Crippen molar-refractivity contribution in [3.63, 3.8) is 0 Å². The van der Waals surface area contributed by atoms with Crippen LogP contribution in [-0.2, 0) is 27.9 Å². The molecule has 0 aromatic rings. The molecular formula is C29H54NO8P.